The van der Waals surface area contributed by atoms with E-state index in [0.29, 0.717) is 0 Å². The highest BCUT2D eigenvalue weighted by atomic mass is 32.1. The molecule has 0 atom stereocenters. The van der Waals surface area contributed by atoms with Crippen molar-refractivity contribution in [1.29, 1.82) is 5.26 Å². The van der Waals surface area contributed by atoms with Crippen molar-refractivity contribution >= 4 is 12.6 Å². The van der Waals surface area contributed by atoms with E-state index in [1.165, 1.54) is 5.40 Å². The highest BCUT2D eigenvalue weighted by molar-refractivity contribution is 7.85. The molecular formula is C2H4N2S. The Hall–Kier alpha value is -0.200. The molecule has 2 nitrogen and oxygen atoms in total. The summed E-state index contributed by atoms with van der Waals surface area (Å²) in [5.41, 5.74) is 0. The van der Waals surface area contributed by atoms with Crippen molar-refractivity contribution in [1.82, 2.24) is 6.15 Å². The summed E-state index contributed by atoms with van der Waals surface area (Å²) < 4.78 is 0. The van der Waals surface area contributed by atoms with E-state index >= 15 is 0 Å². The highest BCUT2D eigenvalue weighted by Gasteiger charge is 1.18. The van der Waals surface area contributed by atoms with Crippen LogP contribution in [0.4, 0.5) is 0 Å². The van der Waals surface area contributed by atoms with E-state index in [4.69, 9.17) is 5.26 Å². The second-order valence-corrected chi connectivity index (χ2v) is 0.300. The predicted octanol–water partition coefficient (Wildman–Crippen LogP) is 0.641. The molecule has 3 N–H and O–H groups in total. The molecule has 0 saturated heterocycles. The van der Waals surface area contributed by atoms with Gasteiger partial charge in [0.25, 0.3) is 0 Å². The number of nitriles is 1. The van der Waals surface area contributed by atoms with Gasteiger partial charge in [0.05, 0.1) is 0 Å². The van der Waals surface area contributed by atoms with Crippen LogP contribution in [0.2, 0.25) is 0 Å². The van der Waals surface area contributed by atoms with Crippen LogP contribution in [0, 0.1) is 18.1 Å². The largest absolute Gasteiger partial charge is 0.344 e. The Kier molecular flexibility index (Phi) is 199. The van der Waals surface area contributed by atoms with E-state index < -0.39 is 0 Å². The van der Waals surface area contributed by atoms with Gasteiger partial charge >= 0.3 is 0 Å². The zero-order valence-corrected chi connectivity index (χ0v) is 3.50. The first-order valence-corrected chi connectivity index (χ1v) is 0.894. The third-order valence-electron chi connectivity index (χ3n) is 0. The number of nitrogens with zero attached hydrogens (tertiary/aromatic N) is 1. The minimum absolute atomic E-state index is 0. The molecule has 0 saturated carbocycles. The summed E-state index contributed by atoms with van der Waals surface area (Å²) in [5.74, 6) is 0. The molecule has 28 valence electrons. The lowest BCUT2D eigenvalue weighted by Crippen LogP contribution is -0.961. The second-order valence-electron chi connectivity index (χ2n) is 0.100. The van der Waals surface area contributed by atoms with Crippen molar-refractivity contribution < 1.29 is 0 Å². The highest BCUT2D eigenvalue weighted by Crippen LogP contribution is 1.46. The van der Waals surface area contributed by atoms with Crippen LogP contribution in [0.1, 0.15) is 0 Å². The molecule has 0 amide bonds. The Morgan fingerprint density at radius 2 is 1.60 bits per heavy atom. The van der Waals surface area contributed by atoms with Crippen molar-refractivity contribution in [3.8, 4) is 5.40 Å². The SMILES string of the molecule is N.N#CS.[C]. The van der Waals surface area contributed by atoms with Crippen molar-refractivity contribution in [2.45, 2.75) is 0 Å². The number of hydrogen-bond acceptors (Lipinski definition) is 3. The first-order chi connectivity index (χ1) is 1.41. The lowest BCUT2D eigenvalue weighted by Gasteiger charge is -1.14. The molecule has 0 fully saturated rings. The van der Waals surface area contributed by atoms with Crippen LogP contribution in [-0.2, 0) is 0 Å². The van der Waals surface area contributed by atoms with Crippen LogP contribution in [0.3, 0.4) is 0 Å². The Labute approximate surface area is 37.8 Å². The molecule has 4 radical (unpaired) electrons. The smallest absolute Gasteiger partial charge is 0.130 e. The van der Waals surface area contributed by atoms with Gasteiger partial charge in [-0.2, -0.15) is 5.26 Å². The molecule has 0 bridgehead atoms. The molecule has 0 aliphatic heterocycles. The van der Waals surface area contributed by atoms with Gasteiger partial charge in [-0.3, -0.25) is 0 Å². The summed E-state index contributed by atoms with van der Waals surface area (Å²) in [6.07, 6.45) is 0. The average Bonchev–Trinajstić information content (AvgIpc) is 0.918. The Balaban J connectivity index is -0.0000000200. The number of rotatable bonds is 0. The van der Waals surface area contributed by atoms with Gasteiger partial charge in [-0.15, -0.1) is 0 Å². The monoisotopic (exact) mass is 88.0 g/mol. The van der Waals surface area contributed by atoms with Gasteiger partial charge in [-0.1, -0.05) is 12.6 Å². The first kappa shape index (κ1) is 21.4. The van der Waals surface area contributed by atoms with Crippen LogP contribution in [0.15, 0.2) is 0 Å². The third-order valence-corrected chi connectivity index (χ3v) is 0. The summed E-state index contributed by atoms with van der Waals surface area (Å²) in [6.45, 7) is 0. The van der Waals surface area contributed by atoms with Gasteiger partial charge in [-0.25, -0.2) is 0 Å². The maximum absolute atomic E-state index is 7.18. The maximum Gasteiger partial charge on any atom is 0.130 e. The van der Waals surface area contributed by atoms with Crippen molar-refractivity contribution in [3.05, 3.63) is 7.43 Å². The molecule has 0 heterocycles. The minimum Gasteiger partial charge on any atom is -0.344 e. The number of thiol groups is 1. The van der Waals surface area contributed by atoms with Gasteiger partial charge in [0, 0.05) is 7.43 Å². The van der Waals surface area contributed by atoms with Crippen molar-refractivity contribution in [2.75, 3.05) is 0 Å². The summed E-state index contributed by atoms with van der Waals surface area (Å²) in [4.78, 5) is 0. The summed E-state index contributed by atoms with van der Waals surface area (Å²) in [5, 5.41) is 8.63. The normalized spacial score (nSPS) is 1.60. The van der Waals surface area contributed by atoms with E-state index in [9.17, 15) is 0 Å². The lowest BCUT2D eigenvalue weighted by molar-refractivity contribution is 1.57. The zero-order valence-electron chi connectivity index (χ0n) is 2.60. The molecule has 5 heavy (non-hydrogen) atoms. The Bertz CT molecular complexity index is 29.1. The quantitative estimate of drug-likeness (QED) is 0.337. The van der Waals surface area contributed by atoms with E-state index in [-0.39, 0.29) is 13.6 Å². The summed E-state index contributed by atoms with van der Waals surface area (Å²) in [6, 6.07) is 0. The molecule has 0 spiro atoms. The number of hydrogen-bond donors (Lipinski definition) is 2. The van der Waals surface area contributed by atoms with Crippen LogP contribution < -0.4 is 6.15 Å². The molecule has 0 unspecified atom stereocenters. The van der Waals surface area contributed by atoms with Crippen LogP contribution in [0.5, 0.6) is 0 Å². The molecule has 0 aromatic heterocycles. The topological polar surface area (TPSA) is 58.8 Å². The third kappa shape index (κ3) is 308. The summed E-state index contributed by atoms with van der Waals surface area (Å²) in [7, 11) is 0. The standard InChI is InChI=1S/CHNS.C.H3N/c2-1-3;;/h3H;;1H3. The van der Waals surface area contributed by atoms with E-state index in [1.54, 1.807) is 0 Å². The van der Waals surface area contributed by atoms with Gasteiger partial charge in [-0.05, 0) is 0 Å². The maximum atomic E-state index is 7.18. The first-order valence-electron chi connectivity index (χ1n) is 0.447. The average molecular weight is 88.1 g/mol. The lowest BCUT2D eigenvalue weighted by atomic mass is 11.8. The molecule has 0 rings (SSSR count). The fourth-order valence-electron chi connectivity index (χ4n) is 0. The van der Waals surface area contributed by atoms with E-state index in [0.717, 1.165) is 0 Å². The minimum atomic E-state index is 0. The van der Waals surface area contributed by atoms with E-state index in [1.807, 2.05) is 0 Å². The van der Waals surface area contributed by atoms with Crippen LogP contribution >= 0.6 is 12.6 Å². The van der Waals surface area contributed by atoms with Gasteiger partial charge in [0.15, 0.2) is 0 Å². The zero-order chi connectivity index (χ0) is 2.71. The fourth-order valence-corrected chi connectivity index (χ4v) is 0. The van der Waals surface area contributed by atoms with E-state index in [2.05, 4.69) is 12.6 Å². The van der Waals surface area contributed by atoms with Gasteiger partial charge in [0.1, 0.15) is 5.40 Å². The summed E-state index contributed by atoms with van der Waals surface area (Å²) >= 11 is 3.09. The van der Waals surface area contributed by atoms with Crippen LogP contribution in [0.25, 0.3) is 0 Å². The van der Waals surface area contributed by atoms with Crippen molar-refractivity contribution in [2.24, 2.45) is 0 Å². The molecule has 3 heteroatoms. The molecule has 0 aliphatic rings. The molecule has 0 aromatic rings. The van der Waals surface area contributed by atoms with Gasteiger partial charge < -0.3 is 6.15 Å². The second kappa shape index (κ2) is 46.5. The predicted molar refractivity (Wildman–Crippen MR) is 22.9 cm³/mol. The van der Waals surface area contributed by atoms with Gasteiger partial charge in [0.2, 0.25) is 0 Å². The Morgan fingerprint density at radius 1 is 1.60 bits per heavy atom. The Morgan fingerprint density at radius 3 is 1.60 bits per heavy atom. The fraction of sp³-hybridized carbons (Fsp3) is 0. The van der Waals surface area contributed by atoms with Crippen LogP contribution in [-0.4, -0.2) is 0 Å². The molecular weight excluding hydrogens is 84.1 g/mol. The van der Waals surface area contributed by atoms with Crippen molar-refractivity contribution in [3.63, 3.8) is 0 Å². The number of thiocyanates is 1. The molecule has 0 aromatic carbocycles. The molecule has 0 aliphatic carbocycles.